The van der Waals surface area contributed by atoms with Crippen LogP contribution in [-0.4, -0.2) is 55.0 Å². The van der Waals surface area contributed by atoms with Crippen LogP contribution in [0.2, 0.25) is 5.02 Å². The van der Waals surface area contributed by atoms with Gasteiger partial charge in [0.1, 0.15) is 6.61 Å². The molecule has 210 valence electrons. The molecule has 2 amide bonds. The minimum absolute atomic E-state index is 0.0665. The number of imide groups is 1. The number of hydrogen-bond donors (Lipinski definition) is 2. The lowest BCUT2D eigenvalue weighted by Crippen LogP contribution is -2.33. The van der Waals surface area contributed by atoms with Crippen LogP contribution in [0.25, 0.3) is 0 Å². The number of halogens is 1. The summed E-state index contributed by atoms with van der Waals surface area (Å²) in [5.74, 6) is -3.54. The molecule has 0 unspecified atom stereocenters. The fourth-order valence-corrected chi connectivity index (χ4v) is 6.12. The van der Waals surface area contributed by atoms with Crippen molar-refractivity contribution in [3.05, 3.63) is 117 Å². The van der Waals surface area contributed by atoms with Crippen molar-refractivity contribution in [1.29, 1.82) is 0 Å². The molecule has 0 saturated heterocycles. The van der Waals surface area contributed by atoms with Gasteiger partial charge in [0.15, 0.2) is 23.1 Å². The number of nitrogens with one attached hydrogen (secondary N) is 1. The van der Waals surface area contributed by atoms with E-state index < -0.39 is 44.9 Å². The van der Waals surface area contributed by atoms with Crippen LogP contribution in [0.1, 0.15) is 52.6 Å². The Balaban J connectivity index is 1.38. The fourth-order valence-electron chi connectivity index (χ4n) is 4.94. The molecule has 0 fully saturated rings. The van der Waals surface area contributed by atoms with Gasteiger partial charge < -0.3 is 9.84 Å². The van der Waals surface area contributed by atoms with Gasteiger partial charge in [-0.15, -0.1) is 0 Å². The highest BCUT2D eigenvalue weighted by molar-refractivity contribution is 7.92. The third-order valence-corrected chi connectivity index (χ3v) is 8.58. The molecule has 4 aromatic rings. The van der Waals surface area contributed by atoms with E-state index in [9.17, 15) is 32.7 Å². The Morgan fingerprint density at radius 3 is 1.90 bits per heavy atom. The van der Waals surface area contributed by atoms with Gasteiger partial charge in [-0.2, -0.15) is 0 Å². The van der Waals surface area contributed by atoms with E-state index in [1.807, 2.05) is 0 Å². The van der Waals surface area contributed by atoms with E-state index in [-0.39, 0.29) is 57.1 Å². The number of ketones is 2. The number of benzene rings is 4. The third-order valence-electron chi connectivity index (χ3n) is 6.95. The van der Waals surface area contributed by atoms with Crippen LogP contribution in [0, 0.1) is 0 Å². The zero-order chi connectivity index (χ0) is 29.8. The number of amides is 2. The van der Waals surface area contributed by atoms with Gasteiger partial charge in [0.25, 0.3) is 21.8 Å². The van der Waals surface area contributed by atoms with Crippen molar-refractivity contribution in [2.75, 3.05) is 17.9 Å². The van der Waals surface area contributed by atoms with Crippen LogP contribution in [-0.2, 0) is 10.0 Å². The van der Waals surface area contributed by atoms with Gasteiger partial charge in [-0.05, 0) is 42.5 Å². The van der Waals surface area contributed by atoms with Crippen LogP contribution in [0.5, 0.6) is 11.5 Å². The van der Waals surface area contributed by atoms with E-state index in [4.69, 9.17) is 16.3 Å². The summed E-state index contributed by atoms with van der Waals surface area (Å²) in [4.78, 5) is 53.0. The van der Waals surface area contributed by atoms with E-state index in [2.05, 4.69) is 4.72 Å². The quantitative estimate of drug-likeness (QED) is 0.262. The molecule has 2 N–H and O–H groups in total. The number of carbonyl (C=O) groups is 4. The van der Waals surface area contributed by atoms with Crippen LogP contribution < -0.4 is 9.46 Å². The number of sulfonamides is 1. The number of rotatable bonds is 7. The van der Waals surface area contributed by atoms with Gasteiger partial charge in [-0.3, -0.25) is 28.8 Å². The lowest BCUT2D eigenvalue weighted by atomic mass is 9.83. The van der Waals surface area contributed by atoms with Crippen molar-refractivity contribution in [1.82, 2.24) is 4.90 Å². The molecule has 2 aliphatic rings. The molecule has 42 heavy (non-hydrogen) atoms. The Hall–Kier alpha value is -5.00. The van der Waals surface area contributed by atoms with E-state index in [0.29, 0.717) is 5.02 Å². The second-order valence-corrected chi connectivity index (χ2v) is 11.6. The molecule has 0 spiro atoms. The SMILES string of the molecule is O=C1c2ccccc2C(=O)c2c1cc(NS(=O)(=O)c1ccc(Cl)cc1)c(OCCN1C(=O)c3ccccc3C1=O)c2O. The molecule has 4 aromatic carbocycles. The normalized spacial score (nSPS) is 14.0. The highest BCUT2D eigenvalue weighted by atomic mass is 35.5. The van der Waals surface area contributed by atoms with Gasteiger partial charge in [0.05, 0.1) is 33.8 Å². The van der Waals surface area contributed by atoms with E-state index in [1.54, 1.807) is 24.3 Å². The average Bonchev–Trinajstić information content (AvgIpc) is 3.22. The number of hydrogen-bond acceptors (Lipinski definition) is 8. The molecular formula is C30H19ClN2O8S. The summed E-state index contributed by atoms with van der Waals surface area (Å²) in [5, 5.41) is 11.6. The highest BCUT2D eigenvalue weighted by Crippen LogP contribution is 2.44. The second kappa shape index (κ2) is 10.1. The number of phenolic OH excluding ortho intramolecular Hbond substituents is 1. The van der Waals surface area contributed by atoms with Crippen molar-refractivity contribution < 1.29 is 37.4 Å². The predicted molar refractivity (Wildman–Crippen MR) is 151 cm³/mol. The fraction of sp³-hybridized carbons (Fsp3) is 0.0667. The van der Waals surface area contributed by atoms with Gasteiger partial charge >= 0.3 is 0 Å². The smallest absolute Gasteiger partial charge is 0.262 e. The van der Waals surface area contributed by atoms with Crippen molar-refractivity contribution in [3.8, 4) is 11.5 Å². The first kappa shape index (κ1) is 27.2. The third kappa shape index (κ3) is 4.39. The van der Waals surface area contributed by atoms with Crippen LogP contribution in [0.4, 0.5) is 5.69 Å². The van der Waals surface area contributed by atoms with Crippen molar-refractivity contribution in [3.63, 3.8) is 0 Å². The van der Waals surface area contributed by atoms with Crippen LogP contribution in [0.3, 0.4) is 0 Å². The summed E-state index contributed by atoms with van der Waals surface area (Å²) in [6.07, 6.45) is 0. The zero-order valence-electron chi connectivity index (χ0n) is 21.5. The first-order valence-corrected chi connectivity index (χ1v) is 14.4. The number of phenols is 1. The van der Waals surface area contributed by atoms with E-state index >= 15 is 0 Å². The van der Waals surface area contributed by atoms with E-state index in [1.165, 1.54) is 48.5 Å². The Labute approximate surface area is 244 Å². The molecule has 0 saturated carbocycles. The predicted octanol–water partition coefficient (Wildman–Crippen LogP) is 4.30. The Kier molecular flexibility index (Phi) is 6.55. The maximum Gasteiger partial charge on any atom is 0.262 e. The number of carbonyl (C=O) groups excluding carboxylic acids is 4. The number of aromatic hydroxyl groups is 1. The molecule has 0 atom stereocenters. The summed E-state index contributed by atoms with van der Waals surface area (Å²) in [6.45, 7) is -0.617. The summed E-state index contributed by atoms with van der Waals surface area (Å²) >= 11 is 5.89. The number of anilines is 1. The lowest BCUT2D eigenvalue weighted by Gasteiger charge is -2.23. The molecule has 0 radical (unpaired) electrons. The largest absolute Gasteiger partial charge is 0.504 e. The summed E-state index contributed by atoms with van der Waals surface area (Å²) in [5.41, 5.74) is -0.278. The number of fused-ring (bicyclic) bond motifs is 3. The lowest BCUT2D eigenvalue weighted by molar-refractivity contribution is 0.0630. The van der Waals surface area contributed by atoms with Crippen molar-refractivity contribution in [2.45, 2.75) is 4.90 Å². The molecule has 10 nitrogen and oxygen atoms in total. The molecule has 0 aromatic heterocycles. The Bertz CT molecular complexity index is 1920. The van der Waals surface area contributed by atoms with Crippen LogP contribution >= 0.6 is 11.6 Å². The monoisotopic (exact) mass is 602 g/mol. The topological polar surface area (TPSA) is 147 Å². The maximum absolute atomic E-state index is 13.4. The van der Waals surface area contributed by atoms with Gasteiger partial charge in [0, 0.05) is 21.7 Å². The molecule has 0 bridgehead atoms. The number of ether oxygens (including phenoxy) is 1. The maximum atomic E-state index is 13.4. The Morgan fingerprint density at radius 2 is 1.31 bits per heavy atom. The molecule has 1 aliphatic heterocycles. The van der Waals surface area contributed by atoms with Gasteiger partial charge in [-0.1, -0.05) is 48.0 Å². The van der Waals surface area contributed by atoms with Crippen molar-refractivity contribution in [2.24, 2.45) is 0 Å². The molecule has 1 heterocycles. The molecular weight excluding hydrogens is 584 g/mol. The first-order chi connectivity index (χ1) is 20.1. The Morgan fingerprint density at radius 1 is 0.762 bits per heavy atom. The summed E-state index contributed by atoms with van der Waals surface area (Å²) < 4.78 is 34.6. The first-order valence-electron chi connectivity index (χ1n) is 12.5. The zero-order valence-corrected chi connectivity index (χ0v) is 23.0. The summed E-state index contributed by atoms with van der Waals surface area (Å²) in [7, 11) is -4.30. The minimum atomic E-state index is -4.30. The van der Waals surface area contributed by atoms with Gasteiger partial charge in [-0.25, -0.2) is 8.42 Å². The molecule has 6 rings (SSSR count). The van der Waals surface area contributed by atoms with Gasteiger partial charge in [0.2, 0.25) is 0 Å². The minimum Gasteiger partial charge on any atom is -0.504 e. The second-order valence-electron chi connectivity index (χ2n) is 9.44. The molecule has 1 aliphatic carbocycles. The standard InChI is InChI=1S/C30H19ClN2O8S/c31-16-9-11-17(12-10-16)42(39,40)32-23-15-22-24(26(35)19-6-2-1-5-18(19)25(22)34)27(36)28(23)41-14-13-33-29(37)20-7-3-4-8-21(20)30(33)38/h1-12,15,32,36H,13-14H2. The summed E-state index contributed by atoms with van der Waals surface area (Å²) in [6, 6.07) is 18.7. The van der Waals surface area contributed by atoms with E-state index in [0.717, 1.165) is 11.0 Å². The molecule has 12 heteroatoms. The highest BCUT2D eigenvalue weighted by Gasteiger charge is 2.37. The number of nitrogens with zero attached hydrogens (tertiary/aromatic N) is 1. The van der Waals surface area contributed by atoms with Crippen molar-refractivity contribution >= 4 is 50.7 Å². The van der Waals surface area contributed by atoms with Crippen LogP contribution in [0.15, 0.2) is 83.8 Å². The average molecular weight is 603 g/mol.